The Kier molecular flexibility index (Phi) is 5.15. The molecule has 0 fully saturated rings. The molecule has 26 heavy (non-hydrogen) atoms. The minimum absolute atomic E-state index is 0.0738. The van der Waals surface area contributed by atoms with Gasteiger partial charge < -0.3 is 5.11 Å². The zero-order valence-corrected chi connectivity index (χ0v) is 15.8. The van der Waals surface area contributed by atoms with Gasteiger partial charge in [-0.15, -0.1) is 11.3 Å². The molecule has 0 aliphatic carbocycles. The first-order valence-electron chi connectivity index (χ1n) is 9.12. The standard InChI is InChI=1S/C20H24N4OS/c1-15(23-9-8-16-5-2-3-6-17(16)14-23)20-21-19(22-24(20)10-11-25)13-18-7-4-12-26-18/h2-7,12,15,25H,8-11,13-14H2,1H3/t15-/m0/s1. The van der Waals surface area contributed by atoms with Crippen LogP contribution in [0.5, 0.6) is 0 Å². The third kappa shape index (κ3) is 3.58. The van der Waals surface area contributed by atoms with Gasteiger partial charge in [0.15, 0.2) is 5.82 Å². The van der Waals surface area contributed by atoms with E-state index < -0.39 is 0 Å². The average Bonchev–Trinajstić information content (AvgIpc) is 3.31. The van der Waals surface area contributed by atoms with Gasteiger partial charge in [0.1, 0.15) is 5.82 Å². The van der Waals surface area contributed by atoms with Crippen LogP contribution in [0.25, 0.3) is 0 Å². The highest BCUT2D eigenvalue weighted by Crippen LogP contribution is 2.27. The summed E-state index contributed by atoms with van der Waals surface area (Å²) in [5, 5.41) is 16.2. The fourth-order valence-electron chi connectivity index (χ4n) is 3.63. The van der Waals surface area contributed by atoms with E-state index >= 15 is 0 Å². The van der Waals surface area contributed by atoms with Crippen LogP contribution in [0.3, 0.4) is 0 Å². The number of hydrogen-bond acceptors (Lipinski definition) is 5. The Morgan fingerprint density at radius 1 is 1.19 bits per heavy atom. The summed E-state index contributed by atoms with van der Waals surface area (Å²) in [6.45, 7) is 4.71. The van der Waals surface area contributed by atoms with E-state index in [0.717, 1.165) is 37.6 Å². The minimum Gasteiger partial charge on any atom is -0.394 e. The van der Waals surface area contributed by atoms with Crippen molar-refractivity contribution in [3.63, 3.8) is 0 Å². The Labute approximate surface area is 157 Å². The van der Waals surface area contributed by atoms with Gasteiger partial charge in [0, 0.05) is 24.4 Å². The largest absolute Gasteiger partial charge is 0.394 e. The molecule has 4 rings (SSSR count). The van der Waals surface area contributed by atoms with Crippen molar-refractivity contribution in [1.29, 1.82) is 0 Å². The number of benzene rings is 1. The zero-order chi connectivity index (χ0) is 17.9. The van der Waals surface area contributed by atoms with E-state index in [9.17, 15) is 5.11 Å². The molecular formula is C20H24N4OS. The molecule has 0 bridgehead atoms. The van der Waals surface area contributed by atoms with Crippen LogP contribution in [0, 0.1) is 0 Å². The molecule has 136 valence electrons. The van der Waals surface area contributed by atoms with Crippen LogP contribution in [0.4, 0.5) is 0 Å². The molecule has 2 aromatic heterocycles. The molecule has 0 radical (unpaired) electrons. The summed E-state index contributed by atoms with van der Waals surface area (Å²) >= 11 is 1.73. The molecule has 1 atom stereocenters. The Morgan fingerprint density at radius 3 is 2.81 bits per heavy atom. The predicted molar refractivity (Wildman–Crippen MR) is 103 cm³/mol. The number of fused-ring (bicyclic) bond motifs is 1. The second-order valence-electron chi connectivity index (χ2n) is 6.75. The lowest BCUT2D eigenvalue weighted by molar-refractivity contribution is 0.176. The molecule has 6 heteroatoms. The van der Waals surface area contributed by atoms with Crippen molar-refractivity contribution in [2.45, 2.75) is 38.9 Å². The molecule has 0 saturated heterocycles. The lowest BCUT2D eigenvalue weighted by Gasteiger charge is -2.33. The van der Waals surface area contributed by atoms with Crippen LogP contribution in [0.15, 0.2) is 41.8 Å². The highest BCUT2D eigenvalue weighted by molar-refractivity contribution is 7.09. The molecular weight excluding hydrogens is 344 g/mol. The van der Waals surface area contributed by atoms with Crippen LogP contribution in [0.2, 0.25) is 0 Å². The van der Waals surface area contributed by atoms with Crippen LogP contribution in [0.1, 0.15) is 40.6 Å². The van der Waals surface area contributed by atoms with Crippen molar-refractivity contribution in [1.82, 2.24) is 19.7 Å². The quantitative estimate of drug-likeness (QED) is 0.727. The Balaban J connectivity index is 1.56. The second kappa shape index (κ2) is 7.70. The highest BCUT2D eigenvalue weighted by atomic mass is 32.1. The fourth-order valence-corrected chi connectivity index (χ4v) is 4.33. The molecule has 3 aromatic rings. The monoisotopic (exact) mass is 368 g/mol. The third-order valence-corrected chi connectivity index (χ3v) is 5.93. The summed E-state index contributed by atoms with van der Waals surface area (Å²) in [5.74, 6) is 1.78. The number of aliphatic hydroxyl groups excluding tert-OH is 1. The zero-order valence-electron chi connectivity index (χ0n) is 15.0. The predicted octanol–water partition coefficient (Wildman–Crippen LogP) is 3.04. The number of nitrogens with zero attached hydrogens (tertiary/aromatic N) is 4. The third-order valence-electron chi connectivity index (χ3n) is 5.05. The summed E-state index contributed by atoms with van der Waals surface area (Å²) in [7, 11) is 0. The molecule has 0 amide bonds. The van der Waals surface area contributed by atoms with E-state index in [1.54, 1.807) is 11.3 Å². The minimum atomic E-state index is 0.0738. The van der Waals surface area contributed by atoms with Gasteiger partial charge in [0.25, 0.3) is 0 Å². The molecule has 5 nitrogen and oxygen atoms in total. The van der Waals surface area contributed by atoms with Crippen LogP contribution in [-0.2, 0) is 25.9 Å². The van der Waals surface area contributed by atoms with Crippen LogP contribution >= 0.6 is 11.3 Å². The van der Waals surface area contributed by atoms with Gasteiger partial charge in [-0.1, -0.05) is 30.3 Å². The average molecular weight is 369 g/mol. The summed E-state index contributed by atoms with van der Waals surface area (Å²) in [6, 6.07) is 13.0. The molecule has 0 saturated carbocycles. The fraction of sp³-hybridized carbons (Fsp3) is 0.400. The van der Waals surface area contributed by atoms with Gasteiger partial charge in [0.05, 0.1) is 19.2 Å². The first kappa shape index (κ1) is 17.4. The smallest absolute Gasteiger partial charge is 0.156 e. The van der Waals surface area contributed by atoms with E-state index in [4.69, 9.17) is 4.98 Å². The molecule has 1 aliphatic rings. The Morgan fingerprint density at radius 2 is 2.04 bits per heavy atom. The van der Waals surface area contributed by atoms with Gasteiger partial charge in [-0.3, -0.25) is 4.90 Å². The number of rotatable bonds is 6. The number of aromatic nitrogens is 3. The normalized spacial score (nSPS) is 15.8. The van der Waals surface area contributed by atoms with Crippen LogP contribution < -0.4 is 0 Å². The summed E-state index contributed by atoms with van der Waals surface area (Å²) in [4.78, 5) is 8.56. The molecule has 0 unspecified atom stereocenters. The maximum absolute atomic E-state index is 9.43. The maximum atomic E-state index is 9.43. The first-order chi connectivity index (χ1) is 12.7. The second-order valence-corrected chi connectivity index (χ2v) is 7.79. The van der Waals surface area contributed by atoms with Gasteiger partial charge >= 0.3 is 0 Å². The molecule has 3 heterocycles. The lowest BCUT2D eigenvalue weighted by atomic mass is 9.99. The van der Waals surface area contributed by atoms with E-state index in [1.165, 1.54) is 16.0 Å². The van der Waals surface area contributed by atoms with E-state index in [-0.39, 0.29) is 12.6 Å². The molecule has 1 aromatic carbocycles. The SMILES string of the molecule is C[C@@H](c1nc(Cc2cccs2)nn1CCO)N1CCc2ccccc2C1. The van der Waals surface area contributed by atoms with Crippen molar-refractivity contribution >= 4 is 11.3 Å². The van der Waals surface area contributed by atoms with Gasteiger partial charge in [0.2, 0.25) is 0 Å². The number of thiophene rings is 1. The van der Waals surface area contributed by atoms with Crippen molar-refractivity contribution in [3.8, 4) is 0 Å². The Bertz CT molecular complexity index is 859. The summed E-state index contributed by atoms with van der Waals surface area (Å²) in [6.07, 6.45) is 1.81. The maximum Gasteiger partial charge on any atom is 0.156 e. The van der Waals surface area contributed by atoms with Gasteiger partial charge in [-0.2, -0.15) is 5.10 Å². The van der Waals surface area contributed by atoms with Crippen molar-refractivity contribution < 1.29 is 5.11 Å². The van der Waals surface area contributed by atoms with Crippen molar-refractivity contribution in [3.05, 3.63) is 69.4 Å². The van der Waals surface area contributed by atoms with Crippen molar-refractivity contribution in [2.24, 2.45) is 0 Å². The van der Waals surface area contributed by atoms with E-state index in [1.807, 2.05) is 4.68 Å². The lowest BCUT2D eigenvalue weighted by Crippen LogP contribution is -2.34. The highest BCUT2D eigenvalue weighted by Gasteiger charge is 2.25. The van der Waals surface area contributed by atoms with E-state index in [0.29, 0.717) is 6.54 Å². The summed E-state index contributed by atoms with van der Waals surface area (Å²) in [5.41, 5.74) is 2.85. The molecule has 1 aliphatic heterocycles. The topological polar surface area (TPSA) is 54.2 Å². The number of hydrogen-bond donors (Lipinski definition) is 1. The van der Waals surface area contributed by atoms with Crippen LogP contribution in [-0.4, -0.2) is 37.9 Å². The van der Waals surface area contributed by atoms with Crippen molar-refractivity contribution in [2.75, 3.05) is 13.2 Å². The number of aliphatic hydroxyl groups is 1. The summed E-state index contributed by atoms with van der Waals surface area (Å²) < 4.78 is 1.88. The Hall–Kier alpha value is -2.02. The first-order valence-corrected chi connectivity index (χ1v) is 10.00. The molecule has 1 N–H and O–H groups in total. The van der Waals surface area contributed by atoms with E-state index in [2.05, 4.69) is 58.7 Å². The molecule has 0 spiro atoms. The van der Waals surface area contributed by atoms with Gasteiger partial charge in [-0.05, 0) is 35.9 Å². The van der Waals surface area contributed by atoms with Gasteiger partial charge in [-0.25, -0.2) is 9.67 Å².